The highest BCUT2D eigenvalue weighted by molar-refractivity contribution is 14.0. The van der Waals surface area contributed by atoms with E-state index in [1.165, 1.54) is 45.0 Å². The number of thioether (sulfide) groups is 1. The molecule has 0 aliphatic carbocycles. The fourth-order valence-electron chi connectivity index (χ4n) is 3.04. The van der Waals surface area contributed by atoms with Crippen LogP contribution in [0.1, 0.15) is 31.7 Å². The lowest BCUT2D eigenvalue weighted by molar-refractivity contribution is 0.206. The second-order valence-corrected chi connectivity index (χ2v) is 7.51. The Balaban J connectivity index is 0.00000338. The van der Waals surface area contributed by atoms with Gasteiger partial charge in [-0.2, -0.15) is 11.8 Å². The number of hydrogen-bond acceptors (Lipinski definition) is 3. The molecule has 148 valence electrons. The highest BCUT2D eigenvalue weighted by Gasteiger charge is 2.19. The van der Waals surface area contributed by atoms with Gasteiger partial charge in [0.1, 0.15) is 5.82 Å². The standard InChI is InChI=1S/C19H31FN4S.HI/c1-3-11-24-12-8-17(9-13-24)23-19(21-2)22-10-14-25-15-16-6-4-5-7-18(16)20;/h4-7,17H,3,8-15H2,1-2H3,(H2,21,22,23);1H. The van der Waals surface area contributed by atoms with Crippen LogP contribution in [0, 0.1) is 5.82 Å². The second kappa shape index (κ2) is 13.6. The van der Waals surface area contributed by atoms with E-state index in [0.29, 0.717) is 11.8 Å². The highest BCUT2D eigenvalue weighted by Crippen LogP contribution is 2.14. The van der Waals surface area contributed by atoms with Crippen molar-refractivity contribution in [2.75, 3.05) is 39.0 Å². The first-order chi connectivity index (χ1) is 12.2. The fourth-order valence-corrected chi connectivity index (χ4v) is 3.89. The molecule has 0 spiro atoms. The molecule has 0 amide bonds. The summed E-state index contributed by atoms with van der Waals surface area (Å²) < 4.78 is 13.6. The van der Waals surface area contributed by atoms with Gasteiger partial charge < -0.3 is 15.5 Å². The summed E-state index contributed by atoms with van der Waals surface area (Å²) in [5.41, 5.74) is 0.772. The monoisotopic (exact) mass is 494 g/mol. The maximum absolute atomic E-state index is 13.6. The summed E-state index contributed by atoms with van der Waals surface area (Å²) >= 11 is 1.73. The number of piperidine rings is 1. The summed E-state index contributed by atoms with van der Waals surface area (Å²) in [7, 11) is 1.81. The van der Waals surface area contributed by atoms with Gasteiger partial charge in [-0.3, -0.25) is 4.99 Å². The number of halogens is 2. The number of nitrogens with zero attached hydrogens (tertiary/aromatic N) is 2. The predicted molar refractivity (Wildman–Crippen MR) is 122 cm³/mol. The highest BCUT2D eigenvalue weighted by atomic mass is 127. The van der Waals surface area contributed by atoms with E-state index in [2.05, 4.69) is 27.4 Å². The van der Waals surface area contributed by atoms with Gasteiger partial charge in [0, 0.05) is 44.2 Å². The van der Waals surface area contributed by atoms with Crippen LogP contribution < -0.4 is 10.6 Å². The van der Waals surface area contributed by atoms with Gasteiger partial charge in [0.25, 0.3) is 0 Å². The summed E-state index contributed by atoms with van der Waals surface area (Å²) in [6, 6.07) is 7.49. The molecule has 0 radical (unpaired) electrons. The molecule has 1 aliphatic heterocycles. The minimum Gasteiger partial charge on any atom is -0.356 e. The second-order valence-electron chi connectivity index (χ2n) is 6.40. The Hall–Kier alpha value is -0.540. The Labute approximate surface area is 178 Å². The number of benzene rings is 1. The molecule has 2 N–H and O–H groups in total. The molecule has 2 rings (SSSR count). The summed E-state index contributed by atoms with van der Waals surface area (Å²) in [6.45, 7) is 6.61. The lowest BCUT2D eigenvalue weighted by Crippen LogP contribution is -2.49. The van der Waals surface area contributed by atoms with Crippen molar-refractivity contribution < 1.29 is 4.39 Å². The number of rotatable bonds is 8. The molecule has 1 saturated heterocycles. The van der Waals surface area contributed by atoms with Gasteiger partial charge in [0.2, 0.25) is 0 Å². The molecule has 1 heterocycles. The molecular formula is C19H32FIN4S. The minimum atomic E-state index is -0.116. The summed E-state index contributed by atoms with van der Waals surface area (Å²) in [4.78, 5) is 6.85. The van der Waals surface area contributed by atoms with Crippen LogP contribution in [0.2, 0.25) is 0 Å². The third-order valence-electron chi connectivity index (χ3n) is 4.45. The van der Waals surface area contributed by atoms with Crippen molar-refractivity contribution >= 4 is 41.7 Å². The maximum Gasteiger partial charge on any atom is 0.191 e. The van der Waals surface area contributed by atoms with Crippen molar-refractivity contribution in [3.05, 3.63) is 35.6 Å². The average molecular weight is 494 g/mol. The van der Waals surface area contributed by atoms with E-state index in [1.807, 2.05) is 19.2 Å². The van der Waals surface area contributed by atoms with Crippen LogP contribution in [0.5, 0.6) is 0 Å². The topological polar surface area (TPSA) is 39.7 Å². The normalized spacial score (nSPS) is 16.2. The zero-order chi connectivity index (χ0) is 17.9. The van der Waals surface area contributed by atoms with Crippen LogP contribution in [0.3, 0.4) is 0 Å². The van der Waals surface area contributed by atoms with Crippen LogP contribution in [0.25, 0.3) is 0 Å². The van der Waals surface area contributed by atoms with E-state index in [1.54, 1.807) is 17.8 Å². The van der Waals surface area contributed by atoms with E-state index < -0.39 is 0 Å². The third kappa shape index (κ3) is 8.43. The van der Waals surface area contributed by atoms with Crippen molar-refractivity contribution in [2.24, 2.45) is 4.99 Å². The van der Waals surface area contributed by atoms with Crippen molar-refractivity contribution in [3.63, 3.8) is 0 Å². The van der Waals surface area contributed by atoms with Gasteiger partial charge in [0.15, 0.2) is 5.96 Å². The lowest BCUT2D eigenvalue weighted by Gasteiger charge is -2.32. The molecular weight excluding hydrogens is 462 g/mol. The van der Waals surface area contributed by atoms with E-state index in [-0.39, 0.29) is 29.8 Å². The number of nitrogens with one attached hydrogen (secondary N) is 2. The first-order valence-corrected chi connectivity index (χ1v) is 10.4. The third-order valence-corrected chi connectivity index (χ3v) is 5.45. The molecule has 7 heteroatoms. The van der Waals surface area contributed by atoms with Crippen molar-refractivity contribution in [3.8, 4) is 0 Å². The molecule has 4 nitrogen and oxygen atoms in total. The quantitative estimate of drug-likeness (QED) is 0.250. The lowest BCUT2D eigenvalue weighted by atomic mass is 10.1. The molecule has 0 unspecified atom stereocenters. The van der Waals surface area contributed by atoms with Gasteiger partial charge in [-0.05, 0) is 37.4 Å². The predicted octanol–water partition coefficient (Wildman–Crippen LogP) is 3.72. The van der Waals surface area contributed by atoms with Crippen LogP contribution >= 0.6 is 35.7 Å². The SMILES string of the molecule is CCCN1CCC(NC(=NC)NCCSCc2ccccc2F)CC1.I. The molecule has 0 aromatic heterocycles. The number of aliphatic imine (C=N–C) groups is 1. The van der Waals surface area contributed by atoms with Crippen LogP contribution in [0.15, 0.2) is 29.3 Å². The van der Waals surface area contributed by atoms with Crippen LogP contribution in [0.4, 0.5) is 4.39 Å². The minimum absolute atomic E-state index is 0. The molecule has 1 fully saturated rings. The molecule has 0 bridgehead atoms. The fraction of sp³-hybridized carbons (Fsp3) is 0.632. The number of guanidine groups is 1. The van der Waals surface area contributed by atoms with Crippen molar-refractivity contribution in [1.29, 1.82) is 0 Å². The van der Waals surface area contributed by atoms with Gasteiger partial charge in [-0.1, -0.05) is 25.1 Å². The van der Waals surface area contributed by atoms with E-state index in [0.717, 1.165) is 23.8 Å². The van der Waals surface area contributed by atoms with E-state index >= 15 is 0 Å². The van der Waals surface area contributed by atoms with Gasteiger partial charge in [0.05, 0.1) is 0 Å². The molecule has 1 aliphatic rings. The van der Waals surface area contributed by atoms with Gasteiger partial charge in [-0.15, -0.1) is 24.0 Å². The smallest absolute Gasteiger partial charge is 0.191 e. The molecule has 1 aromatic rings. The van der Waals surface area contributed by atoms with Crippen molar-refractivity contribution in [1.82, 2.24) is 15.5 Å². The first-order valence-electron chi connectivity index (χ1n) is 9.23. The van der Waals surface area contributed by atoms with Crippen molar-refractivity contribution in [2.45, 2.75) is 38.0 Å². The van der Waals surface area contributed by atoms with E-state index in [9.17, 15) is 4.39 Å². The van der Waals surface area contributed by atoms with Crippen LogP contribution in [-0.2, 0) is 5.75 Å². The molecule has 26 heavy (non-hydrogen) atoms. The van der Waals surface area contributed by atoms with Gasteiger partial charge in [-0.25, -0.2) is 4.39 Å². The Morgan fingerprint density at radius 1 is 1.31 bits per heavy atom. The van der Waals surface area contributed by atoms with Gasteiger partial charge >= 0.3 is 0 Å². The molecule has 1 aromatic carbocycles. The van der Waals surface area contributed by atoms with E-state index in [4.69, 9.17) is 0 Å². The summed E-state index contributed by atoms with van der Waals surface area (Å²) in [5.74, 6) is 2.38. The summed E-state index contributed by atoms with van der Waals surface area (Å²) in [5, 5.41) is 6.89. The Morgan fingerprint density at radius 2 is 2.04 bits per heavy atom. The Bertz CT molecular complexity index is 536. The molecule has 0 saturated carbocycles. The Kier molecular flexibility index (Phi) is 12.3. The largest absolute Gasteiger partial charge is 0.356 e. The Morgan fingerprint density at radius 3 is 2.69 bits per heavy atom. The average Bonchev–Trinajstić information content (AvgIpc) is 2.63. The van der Waals surface area contributed by atoms with Crippen LogP contribution in [-0.4, -0.2) is 55.9 Å². The summed E-state index contributed by atoms with van der Waals surface area (Å²) in [6.07, 6.45) is 3.57. The zero-order valence-electron chi connectivity index (χ0n) is 15.8. The first kappa shape index (κ1) is 23.5. The number of likely N-dealkylation sites (tertiary alicyclic amines) is 1. The molecule has 0 atom stereocenters. The maximum atomic E-state index is 13.6. The zero-order valence-corrected chi connectivity index (χ0v) is 19.0. The number of hydrogen-bond donors (Lipinski definition) is 2.